The van der Waals surface area contributed by atoms with Crippen LogP contribution in [0.1, 0.15) is 20.8 Å². The monoisotopic (exact) mass is 127 g/mol. The van der Waals surface area contributed by atoms with Gasteiger partial charge in [0.1, 0.15) is 0 Å². The van der Waals surface area contributed by atoms with Crippen LogP contribution in [0.25, 0.3) is 0 Å². The molecule has 0 aliphatic rings. The molecule has 0 bridgehead atoms. The third-order valence-electron chi connectivity index (χ3n) is 1.07. The van der Waals surface area contributed by atoms with E-state index in [1.807, 2.05) is 7.05 Å². The Morgan fingerprint density at radius 3 is 2.44 bits per heavy atom. The second kappa shape index (κ2) is 4.57. The van der Waals surface area contributed by atoms with Crippen LogP contribution in [0.4, 0.5) is 0 Å². The summed E-state index contributed by atoms with van der Waals surface area (Å²) in [6.45, 7) is 7.55. The zero-order valence-corrected chi connectivity index (χ0v) is 6.86. The molecule has 0 rings (SSSR count). The summed E-state index contributed by atoms with van der Waals surface area (Å²) < 4.78 is 0. The summed E-state index contributed by atoms with van der Waals surface area (Å²) >= 11 is 0. The molecule has 1 nitrogen and oxygen atoms in total. The van der Waals surface area contributed by atoms with Gasteiger partial charge >= 0.3 is 0 Å². The van der Waals surface area contributed by atoms with Crippen molar-refractivity contribution in [2.24, 2.45) is 5.92 Å². The van der Waals surface area contributed by atoms with Gasteiger partial charge in [0, 0.05) is 6.54 Å². The second-order valence-electron chi connectivity index (χ2n) is 2.79. The number of rotatable bonds is 3. The van der Waals surface area contributed by atoms with E-state index in [0.29, 0.717) is 5.92 Å². The fraction of sp³-hybridized carbons (Fsp3) is 0.750. The summed E-state index contributed by atoms with van der Waals surface area (Å²) in [6.07, 6.45) is 2.27. The minimum absolute atomic E-state index is 0.679. The first-order valence-corrected chi connectivity index (χ1v) is 3.48. The zero-order chi connectivity index (χ0) is 7.28. The average Bonchev–Trinajstić information content (AvgIpc) is 1.63. The lowest BCUT2D eigenvalue weighted by molar-refractivity contribution is 0.797. The Kier molecular flexibility index (Phi) is 4.41. The Balaban J connectivity index is 3.55. The number of allylic oxidation sites excluding steroid dienone is 1. The highest BCUT2D eigenvalue weighted by Crippen LogP contribution is 1.99. The van der Waals surface area contributed by atoms with Gasteiger partial charge in [-0.1, -0.05) is 25.5 Å². The molecular formula is C8H17N. The van der Waals surface area contributed by atoms with Crippen molar-refractivity contribution in [3.63, 3.8) is 0 Å². The number of likely N-dealkylation sites (N-methyl/N-ethyl adjacent to an activating group) is 1. The summed E-state index contributed by atoms with van der Waals surface area (Å²) in [5, 5.41) is 3.10. The first-order valence-electron chi connectivity index (χ1n) is 3.48. The Morgan fingerprint density at radius 1 is 1.56 bits per heavy atom. The van der Waals surface area contributed by atoms with Gasteiger partial charge < -0.3 is 5.32 Å². The van der Waals surface area contributed by atoms with Crippen molar-refractivity contribution in [2.45, 2.75) is 20.8 Å². The van der Waals surface area contributed by atoms with Crippen LogP contribution in [0.5, 0.6) is 0 Å². The van der Waals surface area contributed by atoms with E-state index >= 15 is 0 Å². The maximum atomic E-state index is 3.10. The minimum atomic E-state index is 0.679. The van der Waals surface area contributed by atoms with Crippen molar-refractivity contribution in [1.82, 2.24) is 5.32 Å². The summed E-state index contributed by atoms with van der Waals surface area (Å²) in [5.41, 5.74) is 1.42. The number of hydrogen-bond donors (Lipinski definition) is 1. The van der Waals surface area contributed by atoms with E-state index in [2.05, 4.69) is 32.2 Å². The molecule has 0 saturated heterocycles. The molecule has 0 aromatic rings. The molecule has 0 unspecified atom stereocenters. The fourth-order valence-electron chi connectivity index (χ4n) is 0.907. The second-order valence-corrected chi connectivity index (χ2v) is 2.79. The molecule has 1 heteroatoms. The third kappa shape index (κ3) is 5.57. The van der Waals surface area contributed by atoms with Crippen LogP contribution in [0, 0.1) is 5.92 Å². The minimum Gasteiger partial charge on any atom is -0.316 e. The van der Waals surface area contributed by atoms with Crippen molar-refractivity contribution < 1.29 is 0 Å². The van der Waals surface area contributed by atoms with Crippen LogP contribution < -0.4 is 5.32 Å². The molecule has 0 fully saturated rings. The van der Waals surface area contributed by atoms with E-state index in [9.17, 15) is 0 Å². The van der Waals surface area contributed by atoms with Crippen LogP contribution in [0.15, 0.2) is 11.6 Å². The van der Waals surface area contributed by atoms with Gasteiger partial charge in [0.2, 0.25) is 0 Å². The Hall–Kier alpha value is -0.300. The van der Waals surface area contributed by atoms with Gasteiger partial charge in [-0.2, -0.15) is 0 Å². The predicted octanol–water partition coefficient (Wildman–Crippen LogP) is 1.81. The molecule has 0 radical (unpaired) electrons. The molecule has 0 aromatic carbocycles. The maximum absolute atomic E-state index is 3.10. The molecule has 54 valence electrons. The normalized spacial score (nSPS) is 12.8. The Bertz CT molecular complexity index is 92.7. The number of nitrogens with one attached hydrogen (secondary N) is 1. The smallest absolute Gasteiger partial charge is 0.0158 e. The Morgan fingerprint density at radius 2 is 2.11 bits per heavy atom. The van der Waals surface area contributed by atoms with E-state index in [0.717, 1.165) is 6.54 Å². The molecule has 0 aliphatic heterocycles. The van der Waals surface area contributed by atoms with Crippen LogP contribution in [-0.2, 0) is 0 Å². The lowest BCUT2D eigenvalue weighted by Crippen LogP contribution is -2.08. The van der Waals surface area contributed by atoms with Crippen LogP contribution in [0.3, 0.4) is 0 Å². The van der Waals surface area contributed by atoms with Crippen molar-refractivity contribution in [3.05, 3.63) is 11.6 Å². The molecule has 0 aliphatic carbocycles. The van der Waals surface area contributed by atoms with Gasteiger partial charge in [-0.15, -0.1) is 0 Å². The van der Waals surface area contributed by atoms with Gasteiger partial charge in [-0.25, -0.2) is 0 Å². The summed E-state index contributed by atoms with van der Waals surface area (Å²) in [5.74, 6) is 0.679. The molecule has 0 amide bonds. The topological polar surface area (TPSA) is 12.0 Å². The van der Waals surface area contributed by atoms with E-state index in [1.54, 1.807) is 0 Å². The molecule has 0 spiro atoms. The fourth-order valence-corrected chi connectivity index (χ4v) is 0.907. The highest BCUT2D eigenvalue weighted by atomic mass is 14.8. The lowest BCUT2D eigenvalue weighted by Gasteiger charge is -2.00. The van der Waals surface area contributed by atoms with Gasteiger partial charge in [0.25, 0.3) is 0 Å². The van der Waals surface area contributed by atoms with Gasteiger partial charge in [-0.05, 0) is 19.9 Å². The van der Waals surface area contributed by atoms with Crippen LogP contribution >= 0.6 is 0 Å². The van der Waals surface area contributed by atoms with Crippen LogP contribution in [-0.4, -0.2) is 13.6 Å². The highest BCUT2D eigenvalue weighted by Gasteiger charge is 1.88. The maximum Gasteiger partial charge on any atom is 0.0158 e. The van der Waals surface area contributed by atoms with Crippen molar-refractivity contribution in [3.8, 4) is 0 Å². The van der Waals surface area contributed by atoms with Crippen molar-refractivity contribution in [2.75, 3.05) is 13.6 Å². The quantitative estimate of drug-likeness (QED) is 0.570. The highest BCUT2D eigenvalue weighted by molar-refractivity contribution is 5.00. The van der Waals surface area contributed by atoms with E-state index in [1.165, 1.54) is 5.57 Å². The SMILES string of the molecule is CNCC(C)=CC(C)C. The van der Waals surface area contributed by atoms with Crippen molar-refractivity contribution >= 4 is 0 Å². The Labute approximate surface area is 58.2 Å². The van der Waals surface area contributed by atoms with E-state index < -0.39 is 0 Å². The number of hydrogen-bond acceptors (Lipinski definition) is 1. The summed E-state index contributed by atoms with van der Waals surface area (Å²) in [6, 6.07) is 0. The molecule has 0 heterocycles. The summed E-state index contributed by atoms with van der Waals surface area (Å²) in [4.78, 5) is 0. The summed E-state index contributed by atoms with van der Waals surface area (Å²) in [7, 11) is 1.97. The standard InChI is InChI=1S/C8H17N/c1-7(2)5-8(3)6-9-4/h5,7,9H,6H2,1-4H3. The van der Waals surface area contributed by atoms with E-state index in [4.69, 9.17) is 0 Å². The zero-order valence-electron chi connectivity index (χ0n) is 6.86. The van der Waals surface area contributed by atoms with Gasteiger partial charge in [-0.3, -0.25) is 0 Å². The predicted molar refractivity (Wildman–Crippen MR) is 42.5 cm³/mol. The van der Waals surface area contributed by atoms with Gasteiger partial charge in [0.05, 0.1) is 0 Å². The first-order chi connectivity index (χ1) is 4.16. The molecule has 0 saturated carbocycles. The van der Waals surface area contributed by atoms with Crippen LogP contribution in [0.2, 0.25) is 0 Å². The molecule has 9 heavy (non-hydrogen) atoms. The van der Waals surface area contributed by atoms with E-state index in [-0.39, 0.29) is 0 Å². The van der Waals surface area contributed by atoms with Gasteiger partial charge in [0.15, 0.2) is 0 Å². The third-order valence-corrected chi connectivity index (χ3v) is 1.07. The molecular weight excluding hydrogens is 110 g/mol. The van der Waals surface area contributed by atoms with Crippen molar-refractivity contribution in [1.29, 1.82) is 0 Å². The molecule has 1 N–H and O–H groups in total. The first kappa shape index (κ1) is 8.70. The molecule has 0 atom stereocenters. The molecule has 0 aromatic heterocycles. The average molecular weight is 127 g/mol. The lowest BCUT2D eigenvalue weighted by atomic mass is 10.1. The largest absolute Gasteiger partial charge is 0.316 e.